The van der Waals surface area contributed by atoms with E-state index in [2.05, 4.69) is 10.4 Å². The largest absolute Gasteiger partial charge is 0.344 e. The molecule has 2 heterocycles. The minimum atomic E-state index is -0.433. The van der Waals surface area contributed by atoms with Gasteiger partial charge in [-0.2, -0.15) is 5.10 Å². The van der Waals surface area contributed by atoms with Crippen molar-refractivity contribution in [3.8, 4) is 0 Å². The Balaban J connectivity index is 2.25. The van der Waals surface area contributed by atoms with Crippen molar-refractivity contribution in [1.82, 2.24) is 15.1 Å². The van der Waals surface area contributed by atoms with Gasteiger partial charge >= 0.3 is 0 Å². The van der Waals surface area contributed by atoms with Crippen LogP contribution in [0.2, 0.25) is 0 Å². The Kier molecular flexibility index (Phi) is 3.87. The van der Waals surface area contributed by atoms with Gasteiger partial charge in [0.05, 0.1) is 11.9 Å². The van der Waals surface area contributed by atoms with Crippen molar-refractivity contribution in [3.05, 3.63) is 12.4 Å². The van der Waals surface area contributed by atoms with Gasteiger partial charge in [0, 0.05) is 25.2 Å². The van der Waals surface area contributed by atoms with E-state index >= 15 is 0 Å². The first kappa shape index (κ1) is 13.6. The van der Waals surface area contributed by atoms with Gasteiger partial charge in [0.25, 0.3) is 0 Å². The molecule has 0 spiro atoms. The molecule has 0 bridgehead atoms. The van der Waals surface area contributed by atoms with Gasteiger partial charge in [-0.05, 0) is 20.3 Å². The van der Waals surface area contributed by atoms with Crippen molar-refractivity contribution in [3.63, 3.8) is 0 Å². The van der Waals surface area contributed by atoms with Crippen LogP contribution in [0, 0.1) is 0 Å². The van der Waals surface area contributed by atoms with E-state index in [0.717, 1.165) is 5.69 Å². The zero-order chi connectivity index (χ0) is 14.0. The minimum Gasteiger partial charge on any atom is -0.344 e. The normalized spacial score (nSPS) is 20.6. The molecule has 0 aromatic carbocycles. The molecule has 1 aromatic rings. The number of anilines is 1. The average Bonchev–Trinajstić information content (AvgIpc) is 2.80. The highest BCUT2D eigenvalue weighted by Crippen LogP contribution is 2.19. The standard InChI is InChI=1S/C13H20N4O2/c1-4-11-13(19)16(6-5-12(18)15-11)10-7-14-17(8-10)9(2)3/h7-9,11H,4-6H2,1-3H3,(H,15,18). The molecule has 1 aliphatic rings. The van der Waals surface area contributed by atoms with Crippen LogP contribution in [-0.4, -0.2) is 34.2 Å². The quantitative estimate of drug-likeness (QED) is 0.888. The van der Waals surface area contributed by atoms with Crippen LogP contribution in [-0.2, 0) is 9.59 Å². The van der Waals surface area contributed by atoms with Gasteiger partial charge in [0.1, 0.15) is 6.04 Å². The fraction of sp³-hybridized carbons (Fsp3) is 0.615. The number of carbonyl (C=O) groups is 2. The Morgan fingerprint density at radius 1 is 1.47 bits per heavy atom. The fourth-order valence-corrected chi connectivity index (χ4v) is 2.12. The third-order valence-corrected chi connectivity index (χ3v) is 3.30. The molecule has 1 N–H and O–H groups in total. The van der Waals surface area contributed by atoms with E-state index < -0.39 is 6.04 Å². The Bertz CT molecular complexity index is 481. The number of hydrogen-bond acceptors (Lipinski definition) is 3. The lowest BCUT2D eigenvalue weighted by molar-refractivity contribution is -0.125. The van der Waals surface area contributed by atoms with Crippen LogP contribution in [0.1, 0.15) is 39.7 Å². The maximum atomic E-state index is 12.4. The summed E-state index contributed by atoms with van der Waals surface area (Å²) in [6.07, 6.45) is 4.46. The summed E-state index contributed by atoms with van der Waals surface area (Å²) in [5, 5.41) is 6.99. The summed E-state index contributed by atoms with van der Waals surface area (Å²) in [5.41, 5.74) is 0.758. The first-order chi connectivity index (χ1) is 9.02. The molecule has 2 amide bonds. The van der Waals surface area contributed by atoms with Crippen molar-refractivity contribution < 1.29 is 9.59 Å². The summed E-state index contributed by atoms with van der Waals surface area (Å²) in [6, 6.07) is -0.185. The smallest absolute Gasteiger partial charge is 0.249 e. The molecule has 1 fully saturated rings. The third kappa shape index (κ3) is 2.77. The molecule has 0 radical (unpaired) electrons. The SMILES string of the molecule is CCC1NC(=O)CCN(c2cnn(C(C)C)c2)C1=O. The molecule has 19 heavy (non-hydrogen) atoms. The lowest BCUT2D eigenvalue weighted by Gasteiger charge is -2.21. The summed E-state index contributed by atoms with van der Waals surface area (Å²) in [5.74, 6) is -0.129. The molecule has 2 rings (SSSR count). The van der Waals surface area contributed by atoms with Crippen molar-refractivity contribution >= 4 is 17.5 Å². The van der Waals surface area contributed by atoms with Crippen LogP contribution >= 0.6 is 0 Å². The number of nitrogens with one attached hydrogen (secondary N) is 1. The van der Waals surface area contributed by atoms with Crippen molar-refractivity contribution in [2.75, 3.05) is 11.4 Å². The highest BCUT2D eigenvalue weighted by atomic mass is 16.2. The van der Waals surface area contributed by atoms with Gasteiger partial charge in [-0.25, -0.2) is 0 Å². The maximum absolute atomic E-state index is 12.4. The van der Waals surface area contributed by atoms with E-state index in [-0.39, 0.29) is 17.9 Å². The van der Waals surface area contributed by atoms with Crippen LogP contribution in [0.15, 0.2) is 12.4 Å². The van der Waals surface area contributed by atoms with E-state index in [1.54, 1.807) is 11.1 Å². The Morgan fingerprint density at radius 3 is 2.79 bits per heavy atom. The van der Waals surface area contributed by atoms with E-state index in [1.165, 1.54) is 0 Å². The zero-order valence-electron chi connectivity index (χ0n) is 11.6. The summed E-state index contributed by atoms with van der Waals surface area (Å²) in [4.78, 5) is 25.6. The fourth-order valence-electron chi connectivity index (χ4n) is 2.12. The number of aromatic nitrogens is 2. The number of amides is 2. The van der Waals surface area contributed by atoms with Gasteiger partial charge in [-0.1, -0.05) is 6.92 Å². The van der Waals surface area contributed by atoms with E-state index in [4.69, 9.17) is 0 Å². The summed E-state index contributed by atoms with van der Waals surface area (Å²) in [7, 11) is 0. The molecule has 104 valence electrons. The third-order valence-electron chi connectivity index (χ3n) is 3.30. The van der Waals surface area contributed by atoms with Crippen LogP contribution < -0.4 is 10.2 Å². The summed E-state index contributed by atoms with van der Waals surface area (Å²) >= 11 is 0. The first-order valence-corrected chi connectivity index (χ1v) is 6.67. The van der Waals surface area contributed by atoms with E-state index in [9.17, 15) is 9.59 Å². The van der Waals surface area contributed by atoms with Crippen molar-refractivity contribution in [2.45, 2.75) is 45.7 Å². The summed E-state index contributed by atoms with van der Waals surface area (Å²) in [6.45, 7) is 6.36. The molecular formula is C13H20N4O2. The topological polar surface area (TPSA) is 67.2 Å². The summed E-state index contributed by atoms with van der Waals surface area (Å²) < 4.78 is 1.81. The monoisotopic (exact) mass is 264 g/mol. The molecule has 6 heteroatoms. The lowest BCUT2D eigenvalue weighted by atomic mass is 10.2. The Labute approximate surface area is 112 Å². The van der Waals surface area contributed by atoms with Crippen LogP contribution in [0.5, 0.6) is 0 Å². The second-order valence-corrected chi connectivity index (χ2v) is 5.04. The van der Waals surface area contributed by atoms with Gasteiger partial charge in [-0.3, -0.25) is 14.3 Å². The van der Waals surface area contributed by atoms with Gasteiger partial charge in [-0.15, -0.1) is 0 Å². The Morgan fingerprint density at radius 2 is 2.21 bits per heavy atom. The van der Waals surface area contributed by atoms with Crippen LogP contribution in [0.25, 0.3) is 0 Å². The molecule has 1 unspecified atom stereocenters. The predicted octanol–water partition coefficient (Wildman–Crippen LogP) is 1.10. The van der Waals surface area contributed by atoms with Crippen LogP contribution in [0.3, 0.4) is 0 Å². The zero-order valence-corrected chi connectivity index (χ0v) is 11.6. The number of hydrogen-bond donors (Lipinski definition) is 1. The van der Waals surface area contributed by atoms with Gasteiger partial charge in [0.15, 0.2) is 0 Å². The number of rotatable bonds is 3. The predicted molar refractivity (Wildman–Crippen MR) is 71.8 cm³/mol. The highest BCUT2D eigenvalue weighted by molar-refractivity contribution is 6.01. The van der Waals surface area contributed by atoms with Gasteiger partial charge < -0.3 is 10.2 Å². The van der Waals surface area contributed by atoms with E-state index in [1.807, 2.05) is 31.6 Å². The molecular weight excluding hydrogens is 244 g/mol. The maximum Gasteiger partial charge on any atom is 0.249 e. The van der Waals surface area contributed by atoms with E-state index in [0.29, 0.717) is 19.4 Å². The molecule has 1 aromatic heterocycles. The molecule has 6 nitrogen and oxygen atoms in total. The van der Waals surface area contributed by atoms with Crippen molar-refractivity contribution in [1.29, 1.82) is 0 Å². The van der Waals surface area contributed by atoms with Gasteiger partial charge in [0.2, 0.25) is 11.8 Å². The molecule has 0 saturated carbocycles. The minimum absolute atomic E-state index is 0.0587. The number of nitrogens with zero attached hydrogens (tertiary/aromatic N) is 3. The highest BCUT2D eigenvalue weighted by Gasteiger charge is 2.30. The Hall–Kier alpha value is -1.85. The first-order valence-electron chi connectivity index (χ1n) is 6.67. The second-order valence-electron chi connectivity index (χ2n) is 5.04. The molecule has 1 aliphatic heterocycles. The van der Waals surface area contributed by atoms with Crippen molar-refractivity contribution in [2.24, 2.45) is 0 Å². The molecule has 1 atom stereocenters. The molecule has 0 aliphatic carbocycles. The van der Waals surface area contributed by atoms with Crippen LogP contribution in [0.4, 0.5) is 5.69 Å². The average molecular weight is 264 g/mol. The second kappa shape index (κ2) is 5.42. The molecule has 1 saturated heterocycles. The lowest BCUT2D eigenvalue weighted by Crippen LogP contribution is -2.44. The number of carbonyl (C=O) groups excluding carboxylic acids is 2.